The second kappa shape index (κ2) is 0.784. The van der Waals surface area contributed by atoms with Crippen LogP contribution in [0.1, 0.15) is 0 Å². The molecule has 3 N–H and O–H groups in total. The molecule has 4 nitrogen and oxygen atoms in total. The van der Waals surface area contributed by atoms with Gasteiger partial charge in [-0.25, -0.2) is 0 Å². The molecule has 0 spiro atoms. The highest BCUT2D eigenvalue weighted by molar-refractivity contribution is 8.00. The fourth-order valence-electron chi connectivity index (χ4n) is 0. The van der Waals surface area contributed by atoms with Crippen LogP contribution in [0.25, 0.3) is 0 Å². The Morgan fingerprint density at radius 1 is 1.33 bits per heavy atom. The summed E-state index contributed by atoms with van der Waals surface area (Å²) in [5, 5.41) is 0. The minimum Gasteiger partial charge on any atom is -0.264 e. The third kappa shape index (κ3) is 21700. The van der Waals surface area contributed by atoms with Gasteiger partial charge in [0.1, 0.15) is 0 Å². The van der Waals surface area contributed by atoms with Gasteiger partial charge >= 0.3 is 10.3 Å². The van der Waals surface area contributed by atoms with E-state index >= 15 is 0 Å². The molecule has 0 amide bonds. The zero-order valence-corrected chi connectivity index (χ0v) is 3.35. The maximum absolute atomic E-state index is 10.6. The minimum atomic E-state index is -6.60. The maximum Gasteiger partial charge on any atom is 0.340 e. The lowest BCUT2D eigenvalue weighted by atomic mass is 15.8. The third-order valence-corrected chi connectivity index (χ3v) is 0. The molecule has 0 fully saturated rings. The Bertz CT molecular complexity index is 85.2. The van der Waals surface area contributed by atoms with Crippen LogP contribution in [0.5, 0.6) is 0 Å². The Morgan fingerprint density at radius 3 is 1.33 bits per heavy atom. The van der Waals surface area contributed by atoms with E-state index in [1.807, 2.05) is 0 Å². The predicted molar refractivity (Wildman–Crippen MR) is 17.1 cm³/mol. The van der Waals surface area contributed by atoms with E-state index in [0.29, 0.717) is 0 Å². The fraction of sp³-hybridized carbons (Fsp3) is 0. The van der Waals surface area contributed by atoms with Crippen LogP contribution in [0.15, 0.2) is 0 Å². The highest BCUT2D eigenvalue weighted by Crippen LogP contribution is 2.08. The zero-order chi connectivity index (χ0) is 5.45. The van der Waals surface area contributed by atoms with Gasteiger partial charge in [0.05, 0.1) is 0 Å². The van der Waals surface area contributed by atoms with Crippen LogP contribution in [0.3, 0.4) is 0 Å². The molecular weight excluding hydrogens is 115 g/mol. The van der Waals surface area contributed by atoms with Gasteiger partial charge in [-0.15, -0.1) is 0 Å². The second-order valence-corrected chi connectivity index (χ2v) is 2.22. The fourth-order valence-corrected chi connectivity index (χ4v) is 0. The van der Waals surface area contributed by atoms with E-state index in [-0.39, 0.29) is 0 Å². The van der Waals surface area contributed by atoms with Crippen LogP contribution >= 0.6 is 0 Å². The van der Waals surface area contributed by atoms with Crippen LogP contribution in [-0.4, -0.2) is 17.9 Å². The lowest BCUT2D eigenvalue weighted by molar-refractivity contribution is 0.236. The van der Waals surface area contributed by atoms with Gasteiger partial charge in [-0.1, -0.05) is 3.89 Å². The first-order valence-corrected chi connectivity index (χ1v) is 2.61. The molecule has 0 aliphatic heterocycles. The van der Waals surface area contributed by atoms with Crippen LogP contribution in [0.2, 0.25) is 0 Å². The van der Waals surface area contributed by atoms with Gasteiger partial charge < -0.3 is 0 Å². The van der Waals surface area contributed by atoms with Gasteiger partial charge in [-0.05, 0) is 0 Å². The van der Waals surface area contributed by atoms with Gasteiger partial charge in [0.15, 0.2) is 0 Å². The summed E-state index contributed by atoms with van der Waals surface area (Å²) in [7, 11) is -6.60. The zero-order valence-electron chi connectivity index (χ0n) is 2.54. The standard InChI is InChI=1S/FH3O4S/c1-6(2,3,4)5/h(H3,2,3,4,5). The van der Waals surface area contributed by atoms with Crippen LogP contribution in [-0.2, 0) is 10.3 Å². The summed E-state index contributed by atoms with van der Waals surface area (Å²) in [5.74, 6) is 0. The molecule has 0 saturated carbocycles. The second-order valence-electron chi connectivity index (χ2n) is 0.739. The molecule has 0 atom stereocenters. The van der Waals surface area contributed by atoms with E-state index in [1.165, 1.54) is 0 Å². The molecule has 6 heavy (non-hydrogen) atoms. The molecule has 0 aromatic carbocycles. The first-order chi connectivity index (χ1) is 2.24. The summed E-state index contributed by atoms with van der Waals surface area (Å²) in [4.78, 5) is 0. The summed E-state index contributed by atoms with van der Waals surface area (Å²) >= 11 is 0. The molecule has 6 heteroatoms. The summed E-state index contributed by atoms with van der Waals surface area (Å²) in [6, 6.07) is 0. The van der Waals surface area contributed by atoms with Crippen molar-refractivity contribution >= 4 is 10.3 Å². The molecule has 0 radical (unpaired) electrons. The van der Waals surface area contributed by atoms with Crippen molar-refractivity contribution in [1.29, 1.82) is 0 Å². The summed E-state index contributed by atoms with van der Waals surface area (Å²) in [6.45, 7) is 0. The molecule has 0 bridgehead atoms. The molecule has 0 aromatic rings. The normalized spacial score (nSPS) is 19.0. The van der Waals surface area contributed by atoms with E-state index in [9.17, 15) is 3.89 Å². The predicted octanol–water partition coefficient (Wildman–Crippen LogP) is 0.110. The summed E-state index contributed by atoms with van der Waals surface area (Å²) < 4.78 is 40.3. The Hall–Kier alpha value is -0.0400. The monoisotopic (exact) mass is 118 g/mol. The average Bonchev–Trinajstić information content (AvgIpc) is 0.650. The van der Waals surface area contributed by atoms with Crippen LogP contribution in [0, 0.1) is 0 Å². The van der Waals surface area contributed by atoms with Crippen molar-refractivity contribution in [2.45, 2.75) is 0 Å². The van der Waals surface area contributed by atoms with E-state index < -0.39 is 10.3 Å². The van der Waals surface area contributed by atoms with Crippen molar-refractivity contribution in [1.82, 2.24) is 0 Å². The minimum absolute atomic E-state index is 6.60. The van der Waals surface area contributed by atoms with Crippen molar-refractivity contribution in [2.24, 2.45) is 0 Å². The maximum atomic E-state index is 10.6. The first-order valence-electron chi connectivity index (χ1n) is 0.869. The topological polar surface area (TPSA) is 77.8 Å². The van der Waals surface area contributed by atoms with E-state index in [1.54, 1.807) is 0 Å². The number of halogens is 1. The molecule has 0 aromatic heterocycles. The van der Waals surface area contributed by atoms with Crippen molar-refractivity contribution in [2.75, 3.05) is 0 Å². The van der Waals surface area contributed by atoms with E-state index in [0.717, 1.165) is 0 Å². The molecule has 0 rings (SSSR count). The third-order valence-electron chi connectivity index (χ3n) is 0. The molecule has 0 heterocycles. The average molecular weight is 118 g/mol. The molecule has 0 aliphatic rings. The summed E-state index contributed by atoms with van der Waals surface area (Å²) in [5.41, 5.74) is 0. The largest absolute Gasteiger partial charge is 0.340 e. The Kier molecular flexibility index (Phi) is 0.779. The Balaban J connectivity index is 4.16. The quantitative estimate of drug-likeness (QED) is 0.394. The Labute approximate surface area is 33.2 Å². The summed E-state index contributed by atoms with van der Waals surface area (Å²) in [6.07, 6.45) is 0. The van der Waals surface area contributed by atoms with Crippen molar-refractivity contribution in [3.63, 3.8) is 0 Å². The van der Waals surface area contributed by atoms with Crippen molar-refractivity contribution in [3.05, 3.63) is 0 Å². The van der Waals surface area contributed by atoms with Gasteiger partial charge in [0.2, 0.25) is 0 Å². The molecule has 0 aliphatic carbocycles. The highest BCUT2D eigenvalue weighted by Gasteiger charge is 2.20. The van der Waals surface area contributed by atoms with Gasteiger partial charge in [0.25, 0.3) is 0 Å². The molecule has 0 saturated heterocycles. The molecule has 40 valence electrons. The van der Waals surface area contributed by atoms with Gasteiger partial charge in [0, 0.05) is 0 Å². The lowest BCUT2D eigenvalue weighted by Gasteiger charge is -2.08. The van der Waals surface area contributed by atoms with Crippen LogP contribution < -0.4 is 0 Å². The number of hydrogen-bond donors (Lipinski definition) is 3. The SMILES string of the molecule is O=S(O)(O)(O)F. The van der Waals surface area contributed by atoms with Gasteiger partial charge in [-0.3, -0.25) is 13.7 Å². The first kappa shape index (κ1) is 5.96. The van der Waals surface area contributed by atoms with E-state index in [4.69, 9.17) is 17.9 Å². The lowest BCUT2D eigenvalue weighted by Crippen LogP contribution is -2.21. The van der Waals surface area contributed by atoms with Crippen molar-refractivity contribution < 1.29 is 21.8 Å². The molecule has 0 unspecified atom stereocenters. The van der Waals surface area contributed by atoms with E-state index in [2.05, 4.69) is 0 Å². The van der Waals surface area contributed by atoms with Crippen LogP contribution in [0.4, 0.5) is 3.89 Å². The smallest absolute Gasteiger partial charge is 0.264 e. The van der Waals surface area contributed by atoms with Gasteiger partial charge in [-0.2, -0.15) is 4.21 Å². The number of hydrogen-bond acceptors (Lipinski definition) is 1. The Morgan fingerprint density at radius 2 is 1.33 bits per heavy atom. The highest BCUT2D eigenvalue weighted by atomic mass is 32.4. The number of rotatable bonds is 0. The molecular formula is H3FO4S. The van der Waals surface area contributed by atoms with Crippen molar-refractivity contribution in [3.8, 4) is 0 Å².